The molecule has 0 aromatic carbocycles. The van der Waals surface area contributed by atoms with Crippen molar-refractivity contribution in [1.82, 2.24) is 4.72 Å². The van der Waals surface area contributed by atoms with Gasteiger partial charge in [0.25, 0.3) is 0 Å². The Morgan fingerprint density at radius 2 is 1.75 bits per heavy atom. The number of rotatable bonds is 5. The minimum absolute atomic E-state index is 0.0578. The highest BCUT2D eigenvalue weighted by Crippen LogP contribution is 2.01. The molecule has 0 aromatic rings. The third-order valence-electron chi connectivity index (χ3n) is 1.71. The Balaban J connectivity index is 4.07. The molecule has 12 heavy (non-hydrogen) atoms. The monoisotopic (exact) mass is 193 g/mol. The Kier molecular flexibility index (Phi) is 4.78. The van der Waals surface area contributed by atoms with E-state index < -0.39 is 10.0 Å². The van der Waals surface area contributed by atoms with Crippen LogP contribution in [-0.2, 0) is 10.0 Å². The lowest BCUT2D eigenvalue weighted by Gasteiger charge is -2.15. The first kappa shape index (κ1) is 11.9. The van der Waals surface area contributed by atoms with Gasteiger partial charge in [0, 0.05) is 6.04 Å². The van der Waals surface area contributed by atoms with Crippen LogP contribution in [0.2, 0.25) is 0 Å². The zero-order chi connectivity index (χ0) is 9.78. The molecule has 0 rings (SSSR count). The van der Waals surface area contributed by atoms with E-state index in [1.165, 1.54) is 0 Å². The predicted octanol–water partition coefficient (Wildman–Crippen LogP) is 1.50. The van der Waals surface area contributed by atoms with Crippen LogP contribution in [0, 0.1) is 0 Å². The molecular formula is C8H19NO2S. The van der Waals surface area contributed by atoms with E-state index in [-0.39, 0.29) is 11.3 Å². The van der Waals surface area contributed by atoms with Crippen LogP contribution < -0.4 is 4.72 Å². The second-order valence-electron chi connectivity index (χ2n) is 3.40. The standard InChI is InChI=1S/C8H19NO2S/c1-5-6-8(4)9-12(10,11)7(2)3/h7-9H,5-6H2,1-4H3. The van der Waals surface area contributed by atoms with Crippen molar-refractivity contribution in [3.8, 4) is 0 Å². The summed E-state index contributed by atoms with van der Waals surface area (Å²) in [6, 6.07) is 0.0578. The third kappa shape index (κ3) is 4.07. The zero-order valence-electron chi connectivity index (χ0n) is 8.29. The molecule has 0 aromatic heterocycles. The SMILES string of the molecule is CCCC(C)NS(=O)(=O)C(C)C. The summed E-state index contributed by atoms with van der Waals surface area (Å²) in [6.45, 7) is 7.30. The van der Waals surface area contributed by atoms with Crippen molar-refractivity contribution in [2.24, 2.45) is 0 Å². The lowest BCUT2D eigenvalue weighted by molar-refractivity contribution is 0.537. The van der Waals surface area contributed by atoms with Crippen molar-refractivity contribution in [3.05, 3.63) is 0 Å². The van der Waals surface area contributed by atoms with Gasteiger partial charge in [-0.2, -0.15) is 0 Å². The lowest BCUT2D eigenvalue weighted by atomic mass is 10.2. The molecule has 0 bridgehead atoms. The summed E-state index contributed by atoms with van der Waals surface area (Å²) in [5.74, 6) is 0. The van der Waals surface area contributed by atoms with Crippen LogP contribution in [0.3, 0.4) is 0 Å². The zero-order valence-corrected chi connectivity index (χ0v) is 9.11. The van der Waals surface area contributed by atoms with Crippen molar-refractivity contribution in [1.29, 1.82) is 0 Å². The van der Waals surface area contributed by atoms with Gasteiger partial charge in [-0.15, -0.1) is 0 Å². The van der Waals surface area contributed by atoms with E-state index in [0.717, 1.165) is 12.8 Å². The predicted molar refractivity (Wildman–Crippen MR) is 51.6 cm³/mol. The molecule has 0 saturated heterocycles. The number of sulfonamides is 1. The quantitative estimate of drug-likeness (QED) is 0.719. The third-order valence-corrected chi connectivity index (χ3v) is 3.68. The summed E-state index contributed by atoms with van der Waals surface area (Å²) >= 11 is 0. The first-order chi connectivity index (χ1) is 5.40. The summed E-state index contributed by atoms with van der Waals surface area (Å²) in [4.78, 5) is 0. The molecule has 1 unspecified atom stereocenters. The first-order valence-electron chi connectivity index (χ1n) is 4.41. The van der Waals surface area contributed by atoms with Gasteiger partial charge in [0.05, 0.1) is 5.25 Å². The Morgan fingerprint density at radius 1 is 1.25 bits per heavy atom. The van der Waals surface area contributed by atoms with Crippen LogP contribution in [0.15, 0.2) is 0 Å². The summed E-state index contributed by atoms with van der Waals surface area (Å²) < 4.78 is 25.2. The molecular weight excluding hydrogens is 174 g/mol. The van der Waals surface area contributed by atoms with Crippen LogP contribution in [0.4, 0.5) is 0 Å². The summed E-state index contributed by atoms with van der Waals surface area (Å²) in [7, 11) is -3.07. The van der Waals surface area contributed by atoms with Crippen molar-refractivity contribution in [3.63, 3.8) is 0 Å². The van der Waals surface area contributed by atoms with Gasteiger partial charge in [-0.3, -0.25) is 0 Å². The summed E-state index contributed by atoms with van der Waals surface area (Å²) in [5.41, 5.74) is 0. The highest BCUT2D eigenvalue weighted by Gasteiger charge is 2.17. The molecule has 0 heterocycles. The summed E-state index contributed by atoms with van der Waals surface area (Å²) in [5, 5.41) is -0.336. The highest BCUT2D eigenvalue weighted by atomic mass is 32.2. The van der Waals surface area contributed by atoms with Crippen LogP contribution >= 0.6 is 0 Å². The minimum atomic E-state index is -3.07. The second-order valence-corrected chi connectivity index (χ2v) is 5.67. The van der Waals surface area contributed by atoms with Crippen molar-refractivity contribution in [2.45, 2.75) is 51.8 Å². The van der Waals surface area contributed by atoms with Gasteiger partial charge in [-0.25, -0.2) is 13.1 Å². The summed E-state index contributed by atoms with van der Waals surface area (Å²) in [6.07, 6.45) is 1.90. The highest BCUT2D eigenvalue weighted by molar-refractivity contribution is 7.90. The van der Waals surface area contributed by atoms with Crippen LogP contribution in [0.1, 0.15) is 40.5 Å². The molecule has 4 heteroatoms. The minimum Gasteiger partial charge on any atom is -0.212 e. The maximum atomic E-state index is 11.3. The Bertz CT molecular complexity index is 209. The normalized spacial score (nSPS) is 15.1. The van der Waals surface area contributed by atoms with E-state index in [0.29, 0.717) is 0 Å². The number of hydrogen-bond acceptors (Lipinski definition) is 2. The van der Waals surface area contributed by atoms with E-state index in [1.807, 2.05) is 13.8 Å². The first-order valence-corrected chi connectivity index (χ1v) is 5.96. The molecule has 0 aliphatic rings. The van der Waals surface area contributed by atoms with Gasteiger partial charge in [-0.05, 0) is 27.2 Å². The fourth-order valence-electron chi connectivity index (χ4n) is 0.908. The molecule has 0 radical (unpaired) electrons. The topological polar surface area (TPSA) is 46.2 Å². The lowest BCUT2D eigenvalue weighted by Crippen LogP contribution is -2.37. The molecule has 74 valence electrons. The van der Waals surface area contributed by atoms with Crippen LogP contribution in [-0.4, -0.2) is 19.7 Å². The van der Waals surface area contributed by atoms with Crippen molar-refractivity contribution >= 4 is 10.0 Å². The largest absolute Gasteiger partial charge is 0.214 e. The van der Waals surface area contributed by atoms with Gasteiger partial charge >= 0.3 is 0 Å². The molecule has 1 N–H and O–H groups in total. The molecule has 1 atom stereocenters. The van der Waals surface area contributed by atoms with Crippen molar-refractivity contribution in [2.75, 3.05) is 0 Å². The fraction of sp³-hybridized carbons (Fsp3) is 1.00. The van der Waals surface area contributed by atoms with E-state index in [4.69, 9.17) is 0 Å². The van der Waals surface area contributed by atoms with E-state index in [2.05, 4.69) is 4.72 Å². The van der Waals surface area contributed by atoms with Gasteiger partial charge < -0.3 is 0 Å². The average molecular weight is 193 g/mol. The fourth-order valence-corrected chi connectivity index (χ4v) is 1.86. The Labute approximate surface area is 75.6 Å². The smallest absolute Gasteiger partial charge is 0.212 e. The van der Waals surface area contributed by atoms with Gasteiger partial charge in [-0.1, -0.05) is 13.3 Å². The van der Waals surface area contributed by atoms with Crippen LogP contribution in [0.5, 0.6) is 0 Å². The van der Waals surface area contributed by atoms with Crippen LogP contribution in [0.25, 0.3) is 0 Å². The van der Waals surface area contributed by atoms with Gasteiger partial charge in [0.2, 0.25) is 10.0 Å². The Morgan fingerprint density at radius 3 is 2.08 bits per heavy atom. The van der Waals surface area contributed by atoms with Crippen molar-refractivity contribution < 1.29 is 8.42 Å². The van der Waals surface area contributed by atoms with Gasteiger partial charge in [0.1, 0.15) is 0 Å². The molecule has 0 fully saturated rings. The second kappa shape index (κ2) is 4.82. The molecule has 0 saturated carbocycles. The van der Waals surface area contributed by atoms with E-state index in [1.54, 1.807) is 13.8 Å². The number of hydrogen-bond donors (Lipinski definition) is 1. The van der Waals surface area contributed by atoms with Gasteiger partial charge in [0.15, 0.2) is 0 Å². The maximum absolute atomic E-state index is 11.3. The molecule has 0 spiro atoms. The molecule has 0 aliphatic heterocycles. The maximum Gasteiger partial charge on any atom is 0.214 e. The molecule has 3 nitrogen and oxygen atoms in total. The Hall–Kier alpha value is -0.0900. The molecule has 0 amide bonds. The molecule has 0 aliphatic carbocycles. The average Bonchev–Trinajstić information content (AvgIpc) is 1.85. The number of nitrogens with one attached hydrogen (secondary N) is 1. The van der Waals surface area contributed by atoms with E-state index in [9.17, 15) is 8.42 Å². The van der Waals surface area contributed by atoms with E-state index >= 15 is 0 Å².